The highest BCUT2D eigenvalue weighted by Gasteiger charge is 2.20. The van der Waals surface area contributed by atoms with Crippen LogP contribution in [0.25, 0.3) is 0 Å². The van der Waals surface area contributed by atoms with Gasteiger partial charge in [-0.3, -0.25) is 9.69 Å². The second-order valence-corrected chi connectivity index (χ2v) is 5.24. The van der Waals surface area contributed by atoms with Crippen LogP contribution in [0.5, 0.6) is 0 Å². The zero-order chi connectivity index (χ0) is 15.2. The minimum absolute atomic E-state index is 0.0359. The number of amides is 3. The van der Waals surface area contributed by atoms with Crippen molar-refractivity contribution in [2.75, 3.05) is 37.0 Å². The molecule has 1 aromatic rings. The Labute approximate surface area is 124 Å². The third-order valence-corrected chi connectivity index (χ3v) is 3.30. The number of carbonyl (C=O) groups is 2. The number of urea groups is 1. The number of nitrogens with one attached hydrogen (secondary N) is 2. The van der Waals surface area contributed by atoms with Crippen molar-refractivity contribution in [2.24, 2.45) is 5.92 Å². The molecule has 21 heavy (non-hydrogen) atoms. The Morgan fingerprint density at radius 2 is 2.14 bits per heavy atom. The van der Waals surface area contributed by atoms with E-state index in [1.165, 1.54) is 0 Å². The molecule has 1 unspecified atom stereocenters. The van der Waals surface area contributed by atoms with Crippen molar-refractivity contribution >= 4 is 23.3 Å². The molecule has 0 spiro atoms. The van der Waals surface area contributed by atoms with Crippen molar-refractivity contribution < 1.29 is 14.3 Å². The van der Waals surface area contributed by atoms with Crippen LogP contribution in [0.4, 0.5) is 16.2 Å². The lowest BCUT2D eigenvalue weighted by Gasteiger charge is -2.15. The van der Waals surface area contributed by atoms with Gasteiger partial charge in [0.25, 0.3) is 0 Å². The third-order valence-electron chi connectivity index (χ3n) is 3.30. The van der Waals surface area contributed by atoms with E-state index in [4.69, 9.17) is 4.74 Å². The third kappa shape index (κ3) is 4.19. The Morgan fingerprint density at radius 3 is 2.71 bits per heavy atom. The summed E-state index contributed by atoms with van der Waals surface area (Å²) in [5, 5.41) is 5.60. The number of hydrogen-bond acceptors (Lipinski definition) is 3. The molecule has 6 heteroatoms. The van der Waals surface area contributed by atoms with Gasteiger partial charge in [0, 0.05) is 44.6 Å². The molecule has 3 amide bonds. The Morgan fingerprint density at radius 1 is 1.43 bits per heavy atom. The first-order valence-corrected chi connectivity index (χ1v) is 7.04. The minimum Gasteiger partial charge on any atom is -0.384 e. The zero-order valence-corrected chi connectivity index (χ0v) is 12.4. The van der Waals surface area contributed by atoms with Crippen molar-refractivity contribution in [1.29, 1.82) is 0 Å². The molecule has 1 aliphatic heterocycles. The molecule has 0 radical (unpaired) electrons. The molecular formula is C15H21N3O3. The highest BCUT2D eigenvalue weighted by molar-refractivity contribution is 5.95. The molecule has 6 nitrogen and oxygen atoms in total. The molecule has 0 aliphatic carbocycles. The van der Waals surface area contributed by atoms with Crippen LogP contribution in [0.15, 0.2) is 24.3 Å². The number of methoxy groups -OCH3 is 1. The number of carbonyl (C=O) groups excluding carboxylic acids is 2. The average Bonchev–Trinajstić information content (AvgIpc) is 2.86. The van der Waals surface area contributed by atoms with Gasteiger partial charge in [-0.05, 0) is 30.2 Å². The van der Waals surface area contributed by atoms with Crippen molar-refractivity contribution in [1.82, 2.24) is 5.32 Å². The van der Waals surface area contributed by atoms with Crippen molar-refractivity contribution in [2.45, 2.75) is 13.3 Å². The fraction of sp³-hybridized carbons (Fsp3) is 0.467. The molecule has 114 valence electrons. The summed E-state index contributed by atoms with van der Waals surface area (Å²) in [6.07, 6.45) is 0.421. The van der Waals surface area contributed by atoms with Crippen LogP contribution in [0.2, 0.25) is 0 Å². The average molecular weight is 291 g/mol. The maximum absolute atomic E-state index is 11.8. The quantitative estimate of drug-likeness (QED) is 0.840. The summed E-state index contributed by atoms with van der Waals surface area (Å²) in [7, 11) is 1.63. The van der Waals surface area contributed by atoms with Crippen LogP contribution in [0, 0.1) is 5.92 Å². The standard InChI is InChI=1S/C15H21N3O3/c1-11(10-21-2)9-14(19)17-12-3-5-13(6-4-12)18-8-7-16-15(18)20/h3-6,11H,7-10H2,1-2H3,(H,16,20)(H,17,19). The molecule has 1 atom stereocenters. The van der Waals surface area contributed by atoms with E-state index in [9.17, 15) is 9.59 Å². The summed E-state index contributed by atoms with van der Waals surface area (Å²) in [5.74, 6) is 0.147. The summed E-state index contributed by atoms with van der Waals surface area (Å²) >= 11 is 0. The first-order valence-electron chi connectivity index (χ1n) is 7.04. The van der Waals surface area contributed by atoms with Crippen LogP contribution in [-0.4, -0.2) is 38.7 Å². The second-order valence-electron chi connectivity index (χ2n) is 5.24. The number of ether oxygens (including phenoxy) is 1. The summed E-state index contributed by atoms with van der Waals surface area (Å²) in [5.41, 5.74) is 1.56. The lowest BCUT2D eigenvalue weighted by atomic mass is 10.1. The molecule has 1 heterocycles. The lowest BCUT2D eigenvalue weighted by molar-refractivity contribution is -0.117. The van der Waals surface area contributed by atoms with Gasteiger partial charge < -0.3 is 15.4 Å². The van der Waals surface area contributed by atoms with Gasteiger partial charge in [-0.25, -0.2) is 4.79 Å². The largest absolute Gasteiger partial charge is 0.384 e. The molecule has 0 bridgehead atoms. The maximum atomic E-state index is 11.8. The van der Waals surface area contributed by atoms with E-state index in [-0.39, 0.29) is 17.9 Å². The van der Waals surface area contributed by atoms with E-state index in [0.717, 1.165) is 11.4 Å². The Kier molecular flexibility index (Phi) is 5.16. The van der Waals surface area contributed by atoms with Gasteiger partial charge in [0.15, 0.2) is 0 Å². The fourth-order valence-corrected chi connectivity index (χ4v) is 2.31. The fourth-order valence-electron chi connectivity index (χ4n) is 2.31. The Bertz CT molecular complexity index is 501. The Hall–Kier alpha value is -2.08. The van der Waals surface area contributed by atoms with Crippen LogP contribution < -0.4 is 15.5 Å². The normalized spacial score (nSPS) is 15.7. The molecule has 2 rings (SSSR count). The smallest absolute Gasteiger partial charge is 0.321 e. The molecule has 0 aromatic heterocycles. The predicted octanol–water partition coefficient (Wildman–Crippen LogP) is 1.83. The molecule has 1 aromatic carbocycles. The highest BCUT2D eigenvalue weighted by Crippen LogP contribution is 2.19. The lowest BCUT2D eigenvalue weighted by Crippen LogP contribution is -2.27. The number of nitrogens with zero attached hydrogens (tertiary/aromatic N) is 1. The minimum atomic E-state index is -0.0832. The van der Waals surface area contributed by atoms with Crippen LogP contribution >= 0.6 is 0 Å². The molecule has 1 aliphatic rings. The molecule has 2 N–H and O–H groups in total. The topological polar surface area (TPSA) is 70.7 Å². The monoisotopic (exact) mass is 291 g/mol. The van der Waals surface area contributed by atoms with E-state index in [1.54, 1.807) is 24.1 Å². The predicted molar refractivity (Wildman–Crippen MR) is 81.5 cm³/mol. The van der Waals surface area contributed by atoms with Crippen molar-refractivity contribution in [3.8, 4) is 0 Å². The summed E-state index contributed by atoms with van der Waals surface area (Å²) in [6, 6.07) is 7.19. The number of hydrogen-bond donors (Lipinski definition) is 2. The van der Waals surface area contributed by atoms with Crippen molar-refractivity contribution in [3.05, 3.63) is 24.3 Å². The van der Waals surface area contributed by atoms with Gasteiger partial charge in [0.05, 0.1) is 0 Å². The molecule has 0 saturated carbocycles. The van der Waals surface area contributed by atoms with E-state index in [2.05, 4.69) is 10.6 Å². The van der Waals surface area contributed by atoms with E-state index in [1.807, 2.05) is 19.1 Å². The second kappa shape index (κ2) is 7.08. The number of rotatable bonds is 6. The number of anilines is 2. The van der Waals surface area contributed by atoms with Crippen LogP contribution in [-0.2, 0) is 9.53 Å². The molecular weight excluding hydrogens is 270 g/mol. The summed E-state index contributed by atoms with van der Waals surface area (Å²) in [4.78, 5) is 25.1. The van der Waals surface area contributed by atoms with Gasteiger partial charge in [-0.2, -0.15) is 0 Å². The van der Waals surface area contributed by atoms with Crippen LogP contribution in [0.3, 0.4) is 0 Å². The van der Waals surface area contributed by atoms with Gasteiger partial charge >= 0.3 is 6.03 Å². The van der Waals surface area contributed by atoms with E-state index < -0.39 is 0 Å². The highest BCUT2D eigenvalue weighted by atomic mass is 16.5. The van der Waals surface area contributed by atoms with E-state index in [0.29, 0.717) is 26.1 Å². The Balaban J connectivity index is 1.90. The molecule has 1 fully saturated rings. The molecule has 1 saturated heterocycles. The zero-order valence-electron chi connectivity index (χ0n) is 12.4. The first kappa shape index (κ1) is 15.3. The maximum Gasteiger partial charge on any atom is 0.321 e. The van der Waals surface area contributed by atoms with Gasteiger partial charge in [0.1, 0.15) is 0 Å². The number of benzene rings is 1. The van der Waals surface area contributed by atoms with Gasteiger partial charge in [-0.1, -0.05) is 6.92 Å². The SMILES string of the molecule is COCC(C)CC(=O)Nc1ccc(N2CCNC2=O)cc1. The van der Waals surface area contributed by atoms with Crippen LogP contribution in [0.1, 0.15) is 13.3 Å². The van der Waals surface area contributed by atoms with Gasteiger partial charge in [-0.15, -0.1) is 0 Å². The first-order chi connectivity index (χ1) is 10.1. The van der Waals surface area contributed by atoms with E-state index >= 15 is 0 Å². The summed E-state index contributed by atoms with van der Waals surface area (Å²) < 4.78 is 5.01. The van der Waals surface area contributed by atoms with Gasteiger partial charge in [0.2, 0.25) is 5.91 Å². The summed E-state index contributed by atoms with van der Waals surface area (Å²) in [6.45, 7) is 3.86. The van der Waals surface area contributed by atoms with Crippen molar-refractivity contribution in [3.63, 3.8) is 0 Å².